The Morgan fingerprint density at radius 2 is 1.76 bits per heavy atom. The van der Waals surface area contributed by atoms with Gasteiger partial charge in [-0.3, -0.25) is 9.69 Å². The molecule has 0 atom stereocenters. The number of thiocarbonyl (C=S) groups is 1. The van der Waals surface area contributed by atoms with Gasteiger partial charge in [0.05, 0.1) is 29.3 Å². The molecule has 1 aliphatic rings. The van der Waals surface area contributed by atoms with E-state index in [2.05, 4.69) is 15.9 Å². The van der Waals surface area contributed by atoms with Crippen molar-refractivity contribution >= 4 is 61.9 Å². The van der Waals surface area contributed by atoms with Crippen LogP contribution in [0.2, 0.25) is 0 Å². The lowest BCUT2D eigenvalue weighted by atomic mass is 10.1. The van der Waals surface area contributed by atoms with Gasteiger partial charge in [0.1, 0.15) is 18.2 Å². The molecule has 1 heterocycles. The largest absolute Gasteiger partial charge is 0.495 e. The Labute approximate surface area is 214 Å². The summed E-state index contributed by atoms with van der Waals surface area (Å²) in [7, 11) is 3.09. The molecule has 3 aromatic carbocycles. The third kappa shape index (κ3) is 5.11. The first-order chi connectivity index (χ1) is 16.4. The second-order valence-electron chi connectivity index (χ2n) is 7.14. The van der Waals surface area contributed by atoms with Crippen molar-refractivity contribution in [3.63, 3.8) is 0 Å². The van der Waals surface area contributed by atoms with E-state index in [1.54, 1.807) is 43.5 Å². The molecule has 0 bridgehead atoms. The van der Waals surface area contributed by atoms with Gasteiger partial charge < -0.3 is 14.2 Å². The van der Waals surface area contributed by atoms with E-state index in [1.807, 2.05) is 18.2 Å². The number of ether oxygens (including phenoxy) is 3. The fourth-order valence-corrected chi connectivity index (χ4v) is 5.20. The summed E-state index contributed by atoms with van der Waals surface area (Å²) >= 11 is 10.2. The van der Waals surface area contributed by atoms with Gasteiger partial charge >= 0.3 is 0 Å². The smallest absolute Gasteiger partial charge is 0.270 e. The summed E-state index contributed by atoms with van der Waals surface area (Å²) in [6.07, 6.45) is 1.76. The summed E-state index contributed by atoms with van der Waals surface area (Å²) in [5.41, 5.74) is 2.15. The summed E-state index contributed by atoms with van der Waals surface area (Å²) in [5, 5.41) is 0. The number of hydrogen-bond acceptors (Lipinski definition) is 6. The Hall–Kier alpha value is -2.88. The number of para-hydroxylation sites is 2. The molecule has 0 unspecified atom stereocenters. The number of thioether (sulfide) groups is 1. The fourth-order valence-electron chi connectivity index (χ4n) is 3.34. The fraction of sp³-hybridized carbons (Fsp3) is 0.120. The molecule has 0 aromatic heterocycles. The van der Waals surface area contributed by atoms with Crippen molar-refractivity contribution in [3.05, 3.63) is 87.0 Å². The number of anilines is 1. The van der Waals surface area contributed by atoms with Crippen molar-refractivity contribution in [1.29, 1.82) is 0 Å². The van der Waals surface area contributed by atoms with Crippen LogP contribution in [0, 0.1) is 5.82 Å². The summed E-state index contributed by atoms with van der Waals surface area (Å²) in [5.74, 6) is 1.02. The summed E-state index contributed by atoms with van der Waals surface area (Å²) in [6, 6.07) is 16.9. The average molecular weight is 560 g/mol. The van der Waals surface area contributed by atoms with E-state index in [-0.39, 0.29) is 18.3 Å². The van der Waals surface area contributed by atoms with Crippen molar-refractivity contribution in [3.8, 4) is 17.2 Å². The quantitative estimate of drug-likeness (QED) is 0.240. The Bertz CT molecular complexity index is 1280. The van der Waals surface area contributed by atoms with E-state index in [0.29, 0.717) is 36.6 Å². The third-order valence-corrected chi connectivity index (χ3v) is 6.86. The molecule has 4 rings (SSSR count). The second-order valence-corrected chi connectivity index (χ2v) is 9.67. The predicted octanol–water partition coefficient (Wildman–Crippen LogP) is 6.59. The molecule has 0 N–H and O–H groups in total. The first-order valence-corrected chi connectivity index (χ1v) is 12.1. The van der Waals surface area contributed by atoms with Gasteiger partial charge in [-0.25, -0.2) is 4.39 Å². The van der Waals surface area contributed by atoms with Crippen molar-refractivity contribution in [2.45, 2.75) is 6.61 Å². The molecule has 0 saturated carbocycles. The number of hydrogen-bond donors (Lipinski definition) is 0. The van der Waals surface area contributed by atoms with Gasteiger partial charge in [0.15, 0.2) is 15.8 Å². The zero-order valence-electron chi connectivity index (χ0n) is 18.2. The van der Waals surface area contributed by atoms with E-state index in [9.17, 15) is 9.18 Å². The standard InChI is InChI=1S/C25H19BrFNO4S2/c1-30-20-6-4-3-5-19(20)28-24(29)22(34-25(28)33)13-16-11-18(26)23(21(12-16)31-2)32-14-15-7-9-17(27)10-8-15/h3-13H,14H2,1-2H3. The van der Waals surface area contributed by atoms with Crippen LogP contribution in [0.3, 0.4) is 0 Å². The van der Waals surface area contributed by atoms with Gasteiger partial charge in [0.2, 0.25) is 0 Å². The van der Waals surface area contributed by atoms with Crippen LogP contribution in [-0.4, -0.2) is 24.4 Å². The topological polar surface area (TPSA) is 48.0 Å². The minimum atomic E-state index is -0.303. The van der Waals surface area contributed by atoms with Crippen LogP contribution in [0.15, 0.2) is 70.0 Å². The molecule has 1 saturated heterocycles. The molecule has 0 radical (unpaired) electrons. The second kappa shape index (κ2) is 10.6. The number of nitrogens with zero attached hydrogens (tertiary/aromatic N) is 1. The lowest BCUT2D eigenvalue weighted by Crippen LogP contribution is -2.27. The maximum atomic E-state index is 13.2. The summed E-state index contributed by atoms with van der Waals surface area (Å²) in [4.78, 5) is 15.1. The predicted molar refractivity (Wildman–Crippen MR) is 140 cm³/mol. The molecule has 9 heteroatoms. The third-order valence-electron chi connectivity index (χ3n) is 4.97. The van der Waals surface area contributed by atoms with Crippen LogP contribution in [0.5, 0.6) is 17.2 Å². The van der Waals surface area contributed by atoms with Crippen molar-refractivity contribution in [1.82, 2.24) is 0 Å². The van der Waals surface area contributed by atoms with E-state index < -0.39 is 0 Å². The monoisotopic (exact) mass is 559 g/mol. The lowest BCUT2D eigenvalue weighted by molar-refractivity contribution is -0.113. The summed E-state index contributed by atoms with van der Waals surface area (Å²) < 4.78 is 31.0. The van der Waals surface area contributed by atoms with Crippen LogP contribution >= 0.6 is 39.9 Å². The first kappa shape index (κ1) is 24.3. The Balaban J connectivity index is 1.59. The highest BCUT2D eigenvalue weighted by Gasteiger charge is 2.35. The zero-order chi connectivity index (χ0) is 24.2. The highest BCUT2D eigenvalue weighted by atomic mass is 79.9. The van der Waals surface area contributed by atoms with Gasteiger partial charge in [0, 0.05) is 0 Å². The Kier molecular flexibility index (Phi) is 7.55. The summed E-state index contributed by atoms with van der Waals surface area (Å²) in [6.45, 7) is 0.242. The van der Waals surface area contributed by atoms with E-state index in [0.717, 1.165) is 11.1 Å². The van der Waals surface area contributed by atoms with Gasteiger partial charge in [-0.1, -0.05) is 48.2 Å². The SMILES string of the molecule is COc1ccccc1N1C(=O)C(=Cc2cc(Br)c(OCc3ccc(F)cc3)c(OC)c2)SC1=S. The van der Waals surface area contributed by atoms with Crippen molar-refractivity contribution in [2.75, 3.05) is 19.1 Å². The molecule has 174 valence electrons. The molecule has 0 aliphatic carbocycles. The minimum Gasteiger partial charge on any atom is -0.495 e. The molecular formula is C25H19BrFNO4S2. The number of benzene rings is 3. The number of amides is 1. The first-order valence-electron chi connectivity index (χ1n) is 10.1. The number of carbonyl (C=O) groups excluding carboxylic acids is 1. The van der Waals surface area contributed by atoms with Gasteiger partial charge in [-0.2, -0.15) is 0 Å². The average Bonchev–Trinajstić information content (AvgIpc) is 3.11. The Morgan fingerprint density at radius 3 is 2.47 bits per heavy atom. The molecule has 34 heavy (non-hydrogen) atoms. The van der Waals surface area contributed by atoms with Crippen LogP contribution in [0.25, 0.3) is 6.08 Å². The number of rotatable bonds is 7. The minimum absolute atomic E-state index is 0.230. The molecule has 1 fully saturated rings. The Morgan fingerprint density at radius 1 is 1.06 bits per heavy atom. The van der Waals surface area contributed by atoms with E-state index in [1.165, 1.54) is 35.9 Å². The van der Waals surface area contributed by atoms with E-state index >= 15 is 0 Å². The molecule has 5 nitrogen and oxygen atoms in total. The highest BCUT2D eigenvalue weighted by molar-refractivity contribution is 9.10. The molecule has 1 amide bonds. The van der Waals surface area contributed by atoms with Crippen LogP contribution in [0.4, 0.5) is 10.1 Å². The van der Waals surface area contributed by atoms with Gasteiger partial charge in [-0.05, 0) is 69.5 Å². The maximum Gasteiger partial charge on any atom is 0.270 e. The van der Waals surface area contributed by atoms with Gasteiger partial charge in [0.25, 0.3) is 5.91 Å². The zero-order valence-corrected chi connectivity index (χ0v) is 21.4. The molecular weight excluding hydrogens is 541 g/mol. The maximum absolute atomic E-state index is 13.2. The van der Waals surface area contributed by atoms with Crippen molar-refractivity contribution in [2.24, 2.45) is 0 Å². The number of halogens is 2. The van der Waals surface area contributed by atoms with E-state index in [4.69, 9.17) is 26.4 Å². The van der Waals surface area contributed by atoms with Crippen molar-refractivity contribution < 1.29 is 23.4 Å². The lowest BCUT2D eigenvalue weighted by Gasteiger charge is -2.17. The number of methoxy groups -OCH3 is 2. The van der Waals surface area contributed by atoms with Gasteiger partial charge in [-0.15, -0.1) is 0 Å². The van der Waals surface area contributed by atoms with Crippen LogP contribution in [-0.2, 0) is 11.4 Å². The van der Waals surface area contributed by atoms with Crippen LogP contribution < -0.4 is 19.1 Å². The molecule has 1 aliphatic heterocycles. The number of carbonyl (C=O) groups is 1. The highest BCUT2D eigenvalue weighted by Crippen LogP contribution is 2.42. The van der Waals surface area contributed by atoms with Crippen LogP contribution in [0.1, 0.15) is 11.1 Å². The normalized spacial score (nSPS) is 14.6. The molecule has 3 aromatic rings. The molecule has 0 spiro atoms.